The molecular weight excluding hydrogens is 276 g/mol. The van der Waals surface area contributed by atoms with E-state index in [9.17, 15) is 4.79 Å². The molecule has 2 aromatic carbocycles. The molecule has 0 aliphatic heterocycles. The number of ether oxygens (including phenoxy) is 2. The highest BCUT2D eigenvalue weighted by Crippen LogP contribution is 2.22. The maximum Gasteiger partial charge on any atom is 0.349 e. The monoisotopic (exact) mass is 290 g/mol. The molecule has 0 spiro atoms. The van der Waals surface area contributed by atoms with Gasteiger partial charge in [-0.15, -0.1) is 0 Å². The zero-order chi connectivity index (χ0) is 14.5. The highest BCUT2D eigenvalue weighted by Gasteiger charge is 2.08. The molecule has 0 aliphatic carbocycles. The molecule has 2 rings (SSSR count). The number of carbonyl (C=O) groups is 1. The van der Waals surface area contributed by atoms with Gasteiger partial charge < -0.3 is 9.47 Å². The van der Waals surface area contributed by atoms with Gasteiger partial charge in [0, 0.05) is 5.02 Å². The molecule has 0 aromatic heterocycles. The SMILES string of the molecule is Cc1ccc(OCC(=O)Oc2ccc(Cl)cc2C)cc1. The van der Waals surface area contributed by atoms with Crippen molar-refractivity contribution < 1.29 is 14.3 Å². The number of hydrogen-bond acceptors (Lipinski definition) is 3. The quantitative estimate of drug-likeness (QED) is 0.632. The molecule has 0 N–H and O–H groups in total. The maximum absolute atomic E-state index is 11.7. The number of hydrogen-bond donors (Lipinski definition) is 0. The zero-order valence-electron chi connectivity index (χ0n) is 11.4. The average molecular weight is 291 g/mol. The summed E-state index contributed by atoms with van der Waals surface area (Å²) in [4.78, 5) is 11.7. The van der Waals surface area contributed by atoms with E-state index in [2.05, 4.69) is 0 Å². The number of carbonyl (C=O) groups excluding carboxylic acids is 1. The molecule has 2 aromatic rings. The maximum atomic E-state index is 11.7. The van der Waals surface area contributed by atoms with E-state index < -0.39 is 5.97 Å². The molecule has 0 amide bonds. The van der Waals surface area contributed by atoms with Crippen LogP contribution in [0.15, 0.2) is 42.5 Å². The lowest BCUT2D eigenvalue weighted by Gasteiger charge is -2.09. The summed E-state index contributed by atoms with van der Waals surface area (Å²) < 4.78 is 10.6. The van der Waals surface area contributed by atoms with Gasteiger partial charge in [-0.3, -0.25) is 0 Å². The molecule has 0 bridgehead atoms. The molecule has 4 heteroatoms. The number of halogens is 1. The van der Waals surface area contributed by atoms with Gasteiger partial charge >= 0.3 is 5.97 Å². The standard InChI is InChI=1S/C16H15ClO3/c1-11-3-6-14(7-4-11)19-10-16(18)20-15-8-5-13(17)9-12(15)2/h3-9H,10H2,1-2H3. The smallest absolute Gasteiger partial charge is 0.349 e. The van der Waals surface area contributed by atoms with Crippen molar-refractivity contribution in [1.29, 1.82) is 0 Å². The minimum Gasteiger partial charge on any atom is -0.482 e. The van der Waals surface area contributed by atoms with E-state index in [-0.39, 0.29) is 6.61 Å². The van der Waals surface area contributed by atoms with Crippen molar-refractivity contribution in [3.05, 3.63) is 58.6 Å². The Balaban J connectivity index is 1.90. The summed E-state index contributed by atoms with van der Waals surface area (Å²) in [5, 5.41) is 0.609. The van der Waals surface area contributed by atoms with Gasteiger partial charge in [-0.1, -0.05) is 29.3 Å². The van der Waals surface area contributed by atoms with E-state index in [4.69, 9.17) is 21.1 Å². The lowest BCUT2D eigenvalue weighted by Crippen LogP contribution is -2.18. The van der Waals surface area contributed by atoms with Crippen LogP contribution in [0.1, 0.15) is 11.1 Å². The second-order valence-corrected chi connectivity index (χ2v) is 4.92. The Morgan fingerprint density at radius 1 is 1.10 bits per heavy atom. The fourth-order valence-electron chi connectivity index (χ4n) is 1.66. The van der Waals surface area contributed by atoms with Crippen molar-refractivity contribution in [3.63, 3.8) is 0 Å². The average Bonchev–Trinajstić information content (AvgIpc) is 2.41. The summed E-state index contributed by atoms with van der Waals surface area (Å²) in [7, 11) is 0. The number of aryl methyl sites for hydroxylation is 2. The normalized spacial score (nSPS) is 10.2. The van der Waals surface area contributed by atoms with Crippen molar-refractivity contribution in [2.45, 2.75) is 13.8 Å². The fraction of sp³-hybridized carbons (Fsp3) is 0.188. The van der Waals surface area contributed by atoms with Crippen LogP contribution in [0.4, 0.5) is 0 Å². The van der Waals surface area contributed by atoms with Crippen LogP contribution in [-0.4, -0.2) is 12.6 Å². The van der Waals surface area contributed by atoms with E-state index in [0.29, 0.717) is 16.5 Å². The molecule has 0 atom stereocenters. The largest absolute Gasteiger partial charge is 0.482 e. The molecule has 0 saturated carbocycles. The predicted molar refractivity (Wildman–Crippen MR) is 78.5 cm³/mol. The third-order valence-electron chi connectivity index (χ3n) is 2.74. The third-order valence-corrected chi connectivity index (χ3v) is 2.97. The summed E-state index contributed by atoms with van der Waals surface area (Å²) in [6.45, 7) is 3.68. The Labute approximate surface area is 123 Å². The molecule has 0 unspecified atom stereocenters. The molecule has 0 fully saturated rings. The van der Waals surface area contributed by atoms with Gasteiger partial charge in [-0.05, 0) is 49.7 Å². The van der Waals surface area contributed by atoms with Crippen LogP contribution in [0.3, 0.4) is 0 Å². The van der Waals surface area contributed by atoms with Gasteiger partial charge in [0.15, 0.2) is 6.61 Å². The second kappa shape index (κ2) is 6.44. The van der Waals surface area contributed by atoms with Crippen LogP contribution in [0, 0.1) is 13.8 Å². The summed E-state index contributed by atoms with van der Waals surface area (Å²) >= 11 is 5.84. The third kappa shape index (κ3) is 4.00. The van der Waals surface area contributed by atoms with E-state index in [1.807, 2.05) is 38.1 Å². The van der Waals surface area contributed by atoms with Crippen LogP contribution in [0.25, 0.3) is 0 Å². The van der Waals surface area contributed by atoms with Crippen LogP contribution in [0.5, 0.6) is 11.5 Å². The second-order valence-electron chi connectivity index (χ2n) is 4.49. The molecule has 3 nitrogen and oxygen atoms in total. The minimum atomic E-state index is -0.448. The van der Waals surface area contributed by atoms with Crippen LogP contribution in [0.2, 0.25) is 5.02 Å². The van der Waals surface area contributed by atoms with E-state index >= 15 is 0 Å². The molecule has 0 saturated heterocycles. The van der Waals surface area contributed by atoms with Gasteiger partial charge in [0.2, 0.25) is 0 Å². The lowest BCUT2D eigenvalue weighted by molar-refractivity contribution is -0.136. The number of rotatable bonds is 4. The van der Waals surface area contributed by atoms with E-state index in [0.717, 1.165) is 11.1 Å². The summed E-state index contributed by atoms with van der Waals surface area (Å²) in [5.41, 5.74) is 1.94. The molecule has 20 heavy (non-hydrogen) atoms. The Bertz CT molecular complexity index is 606. The lowest BCUT2D eigenvalue weighted by atomic mass is 10.2. The van der Waals surface area contributed by atoms with E-state index in [1.54, 1.807) is 18.2 Å². The van der Waals surface area contributed by atoms with Crippen molar-refractivity contribution >= 4 is 17.6 Å². The Morgan fingerprint density at radius 3 is 2.45 bits per heavy atom. The topological polar surface area (TPSA) is 35.5 Å². The van der Waals surface area contributed by atoms with Crippen molar-refractivity contribution in [3.8, 4) is 11.5 Å². The Hall–Kier alpha value is -2.00. The Kier molecular flexibility index (Phi) is 4.64. The van der Waals surface area contributed by atoms with Crippen molar-refractivity contribution in [2.24, 2.45) is 0 Å². The van der Waals surface area contributed by atoms with Crippen molar-refractivity contribution in [1.82, 2.24) is 0 Å². The zero-order valence-corrected chi connectivity index (χ0v) is 12.1. The molecular formula is C16H15ClO3. The van der Waals surface area contributed by atoms with Gasteiger partial charge in [-0.25, -0.2) is 4.79 Å². The van der Waals surface area contributed by atoms with E-state index in [1.165, 1.54) is 0 Å². The van der Waals surface area contributed by atoms with Crippen molar-refractivity contribution in [2.75, 3.05) is 6.61 Å². The first kappa shape index (κ1) is 14.4. The summed E-state index contributed by atoms with van der Waals surface area (Å²) in [6.07, 6.45) is 0. The van der Waals surface area contributed by atoms with Gasteiger partial charge in [-0.2, -0.15) is 0 Å². The number of benzene rings is 2. The van der Waals surface area contributed by atoms with Gasteiger partial charge in [0.05, 0.1) is 0 Å². The first-order valence-electron chi connectivity index (χ1n) is 6.21. The number of esters is 1. The van der Waals surface area contributed by atoms with Crippen LogP contribution < -0.4 is 9.47 Å². The highest BCUT2D eigenvalue weighted by molar-refractivity contribution is 6.30. The highest BCUT2D eigenvalue weighted by atomic mass is 35.5. The Morgan fingerprint density at radius 2 is 1.80 bits per heavy atom. The first-order valence-corrected chi connectivity index (χ1v) is 6.59. The first-order chi connectivity index (χ1) is 9.54. The van der Waals surface area contributed by atoms with Crippen LogP contribution in [-0.2, 0) is 4.79 Å². The molecule has 0 radical (unpaired) electrons. The molecule has 0 heterocycles. The van der Waals surface area contributed by atoms with Crippen LogP contribution >= 0.6 is 11.6 Å². The summed E-state index contributed by atoms with van der Waals surface area (Å²) in [6, 6.07) is 12.6. The predicted octanol–water partition coefficient (Wildman–Crippen LogP) is 3.94. The fourth-order valence-corrected chi connectivity index (χ4v) is 1.88. The van der Waals surface area contributed by atoms with Gasteiger partial charge in [0.25, 0.3) is 0 Å². The minimum absolute atomic E-state index is 0.134. The molecule has 104 valence electrons. The molecule has 0 aliphatic rings. The van der Waals surface area contributed by atoms with Gasteiger partial charge in [0.1, 0.15) is 11.5 Å². The summed E-state index contributed by atoms with van der Waals surface area (Å²) in [5.74, 6) is 0.684.